The number of hydrogen-bond donors (Lipinski definition) is 5. The van der Waals surface area contributed by atoms with E-state index in [0.717, 1.165) is 0 Å². The maximum Gasteiger partial charge on any atom is 0.273 e. The average Bonchev–Trinajstić information content (AvgIpc) is 2.77. The normalized spacial score (nSPS) is 23.4. The molecule has 2 aliphatic heterocycles. The monoisotopic (exact) mass is 522 g/mol. The summed E-state index contributed by atoms with van der Waals surface area (Å²) >= 11 is 12.0. The smallest absolute Gasteiger partial charge is 0.273 e. The fraction of sp³-hybridized carbons (Fsp3) is 0.286. The van der Waals surface area contributed by atoms with Gasteiger partial charge in [0.15, 0.2) is 6.29 Å². The molecule has 2 aromatic rings. The minimum absolute atomic E-state index is 0.0695. The van der Waals surface area contributed by atoms with Gasteiger partial charge in [-0.3, -0.25) is 29.8 Å². The first-order valence-electron chi connectivity index (χ1n) is 10.4. The topological polar surface area (TPSA) is 164 Å². The number of piperidine rings is 1. The first kappa shape index (κ1) is 24.5. The molecule has 0 saturated carbocycles. The van der Waals surface area contributed by atoms with Gasteiger partial charge in [0.1, 0.15) is 5.75 Å². The molecule has 0 spiro atoms. The molecule has 2 aliphatic rings. The molecule has 0 radical (unpaired) electrons. The molecule has 184 valence electrons. The van der Waals surface area contributed by atoms with E-state index in [0.29, 0.717) is 15.7 Å². The van der Waals surface area contributed by atoms with Crippen molar-refractivity contribution in [2.75, 3.05) is 17.7 Å². The van der Waals surface area contributed by atoms with Crippen LogP contribution in [0.4, 0.5) is 17.1 Å². The minimum Gasteiger partial charge on any atom is -0.494 e. The van der Waals surface area contributed by atoms with E-state index in [-0.39, 0.29) is 23.5 Å². The Balaban J connectivity index is 1.50. The SMILES string of the molecule is COc1cc([N+](=O)[O-])ccc1NC(=O)C1CC(=O)NC2NC(Nc3cc(Cl)cc(Cl)c3)NC(=O)C21. The molecule has 5 N–H and O–H groups in total. The number of carbonyl (C=O) groups excluding carboxylic acids is 3. The number of nitrogens with one attached hydrogen (secondary N) is 5. The number of fused-ring (bicyclic) bond motifs is 1. The van der Waals surface area contributed by atoms with Crippen molar-refractivity contribution in [3.63, 3.8) is 0 Å². The van der Waals surface area contributed by atoms with Gasteiger partial charge in [0.05, 0.1) is 41.8 Å². The molecular formula is C21H20Cl2N6O6. The van der Waals surface area contributed by atoms with Gasteiger partial charge in [-0.25, -0.2) is 0 Å². The second kappa shape index (κ2) is 9.94. The molecule has 2 fully saturated rings. The number of amides is 3. The number of halogens is 2. The number of methoxy groups -OCH3 is 1. The summed E-state index contributed by atoms with van der Waals surface area (Å²) in [7, 11) is 1.30. The molecule has 0 aromatic heterocycles. The van der Waals surface area contributed by atoms with Gasteiger partial charge in [-0.15, -0.1) is 0 Å². The maximum atomic E-state index is 13.1. The van der Waals surface area contributed by atoms with Crippen molar-refractivity contribution in [3.05, 3.63) is 56.6 Å². The van der Waals surface area contributed by atoms with Gasteiger partial charge in [-0.1, -0.05) is 23.2 Å². The number of hydrogen-bond acceptors (Lipinski definition) is 8. The van der Waals surface area contributed by atoms with Crippen LogP contribution in [-0.4, -0.2) is 42.2 Å². The highest BCUT2D eigenvalue weighted by Gasteiger charge is 2.48. The van der Waals surface area contributed by atoms with Gasteiger partial charge < -0.3 is 26.0 Å². The van der Waals surface area contributed by atoms with Crippen LogP contribution in [0, 0.1) is 22.0 Å². The standard InChI is InChI=1S/C21H20Cl2N6O6/c1-35-15-7-12(29(33)34)2-3-14(15)25-19(31)13-8-16(30)26-18-17(13)20(32)28-21(27-18)24-11-5-9(22)4-10(23)6-11/h2-7,13,17-18,21,24,27H,8H2,1H3,(H,25,31)(H,26,30)(H,28,32). The third-order valence-electron chi connectivity index (χ3n) is 5.61. The summed E-state index contributed by atoms with van der Waals surface area (Å²) in [5.74, 6) is -3.35. The molecule has 4 atom stereocenters. The second-order valence-corrected chi connectivity index (χ2v) is 8.80. The van der Waals surface area contributed by atoms with Crippen LogP contribution in [0.15, 0.2) is 36.4 Å². The van der Waals surface area contributed by atoms with Gasteiger partial charge in [0.25, 0.3) is 5.69 Å². The zero-order valence-corrected chi connectivity index (χ0v) is 19.6. The quantitative estimate of drug-likeness (QED) is 0.284. The third kappa shape index (κ3) is 5.39. The van der Waals surface area contributed by atoms with Gasteiger partial charge in [0.2, 0.25) is 17.7 Å². The summed E-state index contributed by atoms with van der Waals surface area (Å²) in [5.41, 5.74) is 0.486. The number of rotatable bonds is 6. The lowest BCUT2D eigenvalue weighted by Crippen LogP contribution is -2.72. The lowest BCUT2D eigenvalue weighted by Gasteiger charge is -2.43. The van der Waals surface area contributed by atoms with E-state index in [2.05, 4.69) is 26.6 Å². The van der Waals surface area contributed by atoms with Crippen molar-refractivity contribution in [1.29, 1.82) is 0 Å². The molecule has 2 aromatic carbocycles. The van der Waals surface area contributed by atoms with Crippen LogP contribution in [0.1, 0.15) is 6.42 Å². The number of nitro benzene ring substituents is 1. The lowest BCUT2D eigenvalue weighted by molar-refractivity contribution is -0.384. The highest BCUT2D eigenvalue weighted by molar-refractivity contribution is 6.35. The number of benzene rings is 2. The van der Waals surface area contributed by atoms with Crippen LogP contribution in [0.2, 0.25) is 10.0 Å². The summed E-state index contributed by atoms with van der Waals surface area (Å²) in [6, 6.07) is 8.48. The van der Waals surface area contributed by atoms with E-state index in [4.69, 9.17) is 27.9 Å². The van der Waals surface area contributed by atoms with Crippen LogP contribution in [-0.2, 0) is 14.4 Å². The predicted octanol–water partition coefficient (Wildman–Crippen LogP) is 2.04. The largest absolute Gasteiger partial charge is 0.494 e. The zero-order chi connectivity index (χ0) is 25.3. The van der Waals surface area contributed by atoms with Gasteiger partial charge in [0, 0.05) is 28.2 Å². The van der Waals surface area contributed by atoms with Crippen molar-refractivity contribution in [2.45, 2.75) is 18.9 Å². The van der Waals surface area contributed by atoms with Gasteiger partial charge >= 0.3 is 0 Å². The third-order valence-corrected chi connectivity index (χ3v) is 6.05. The number of ether oxygens (including phenoxy) is 1. The number of carbonyl (C=O) groups is 3. The minimum atomic E-state index is -1.01. The Morgan fingerprint density at radius 3 is 2.51 bits per heavy atom. The Morgan fingerprint density at radius 1 is 1.14 bits per heavy atom. The van der Waals surface area contributed by atoms with Crippen LogP contribution < -0.4 is 31.3 Å². The van der Waals surface area contributed by atoms with Crippen LogP contribution >= 0.6 is 23.2 Å². The Kier molecular flexibility index (Phi) is 6.96. The summed E-state index contributed by atoms with van der Waals surface area (Å²) < 4.78 is 5.14. The number of nitro groups is 1. The molecule has 0 bridgehead atoms. The number of nitrogens with zero attached hydrogens (tertiary/aromatic N) is 1. The first-order chi connectivity index (χ1) is 16.6. The zero-order valence-electron chi connectivity index (χ0n) is 18.1. The highest BCUT2D eigenvalue weighted by atomic mass is 35.5. The molecular weight excluding hydrogens is 503 g/mol. The molecule has 35 heavy (non-hydrogen) atoms. The van der Waals surface area contributed by atoms with Crippen molar-refractivity contribution in [1.82, 2.24) is 16.0 Å². The fourth-order valence-electron chi connectivity index (χ4n) is 4.08. The summed E-state index contributed by atoms with van der Waals surface area (Å²) in [4.78, 5) is 48.9. The Morgan fingerprint density at radius 2 is 1.86 bits per heavy atom. The van der Waals surface area contributed by atoms with Crippen molar-refractivity contribution in [3.8, 4) is 5.75 Å². The van der Waals surface area contributed by atoms with Crippen LogP contribution in [0.5, 0.6) is 5.75 Å². The van der Waals surface area contributed by atoms with Crippen LogP contribution in [0.25, 0.3) is 0 Å². The number of anilines is 2. The van der Waals surface area contributed by atoms with E-state index in [1.165, 1.54) is 25.3 Å². The van der Waals surface area contributed by atoms with E-state index >= 15 is 0 Å². The van der Waals surface area contributed by atoms with E-state index < -0.39 is 46.9 Å². The molecule has 0 aliphatic carbocycles. The predicted molar refractivity (Wildman–Crippen MR) is 127 cm³/mol. The lowest BCUT2D eigenvalue weighted by atomic mass is 9.81. The van der Waals surface area contributed by atoms with E-state index in [1.54, 1.807) is 18.2 Å². The summed E-state index contributed by atoms with van der Waals surface area (Å²) in [5, 5.41) is 25.9. The van der Waals surface area contributed by atoms with E-state index in [9.17, 15) is 24.5 Å². The van der Waals surface area contributed by atoms with Crippen LogP contribution in [0.3, 0.4) is 0 Å². The van der Waals surface area contributed by atoms with Crippen molar-refractivity contribution in [2.24, 2.45) is 11.8 Å². The fourth-order valence-corrected chi connectivity index (χ4v) is 4.61. The first-order valence-corrected chi connectivity index (χ1v) is 11.1. The average molecular weight is 523 g/mol. The molecule has 12 nitrogen and oxygen atoms in total. The van der Waals surface area contributed by atoms with E-state index in [1.807, 2.05) is 0 Å². The molecule has 4 rings (SSSR count). The second-order valence-electron chi connectivity index (χ2n) is 7.92. The number of non-ortho nitro benzene ring substituents is 1. The molecule has 2 heterocycles. The maximum absolute atomic E-state index is 13.1. The molecule has 14 heteroatoms. The molecule has 3 amide bonds. The highest BCUT2D eigenvalue weighted by Crippen LogP contribution is 2.32. The Hall–Kier alpha value is -3.61. The Labute approximate surface area is 208 Å². The van der Waals surface area contributed by atoms with Gasteiger partial charge in [-0.05, 0) is 24.3 Å². The van der Waals surface area contributed by atoms with Crippen molar-refractivity contribution >= 4 is 58.0 Å². The summed E-state index contributed by atoms with van der Waals surface area (Å²) in [6.07, 6.45) is -1.85. The Bertz CT molecular complexity index is 1190. The van der Waals surface area contributed by atoms with Crippen molar-refractivity contribution < 1.29 is 24.0 Å². The molecule has 2 saturated heterocycles. The molecule has 4 unspecified atom stereocenters. The van der Waals surface area contributed by atoms with Gasteiger partial charge in [-0.2, -0.15) is 0 Å². The summed E-state index contributed by atoms with van der Waals surface area (Å²) in [6.45, 7) is 0.